The molecule has 1 aromatic rings. The minimum absolute atomic E-state index is 0.01000. The fourth-order valence-electron chi connectivity index (χ4n) is 2.28. The minimum Gasteiger partial charge on any atom is -0.394 e. The van der Waals surface area contributed by atoms with Gasteiger partial charge in [-0.25, -0.2) is 0 Å². The molecule has 0 radical (unpaired) electrons. The molecule has 1 N–H and O–H groups in total. The van der Waals surface area contributed by atoms with Crippen LogP contribution in [0.5, 0.6) is 0 Å². The lowest BCUT2D eigenvalue weighted by molar-refractivity contribution is 0.0503. The lowest BCUT2D eigenvalue weighted by Crippen LogP contribution is -2.45. The van der Waals surface area contributed by atoms with Crippen molar-refractivity contribution in [2.45, 2.75) is 25.3 Å². The van der Waals surface area contributed by atoms with Crippen LogP contribution in [-0.2, 0) is 0 Å². The van der Waals surface area contributed by atoms with E-state index in [0.717, 1.165) is 19.3 Å². The van der Waals surface area contributed by atoms with Crippen LogP contribution in [0.3, 0.4) is 0 Å². The van der Waals surface area contributed by atoms with Crippen LogP contribution in [0.15, 0.2) is 18.2 Å². The van der Waals surface area contributed by atoms with Gasteiger partial charge in [0.15, 0.2) is 0 Å². The number of benzene rings is 1. The summed E-state index contributed by atoms with van der Waals surface area (Å²) in [7, 11) is 0. The molecule has 1 aliphatic rings. The monoisotopic (exact) mass is 287 g/mol. The molecule has 3 nitrogen and oxygen atoms in total. The van der Waals surface area contributed by atoms with Gasteiger partial charge in [0.1, 0.15) is 0 Å². The number of carbonyl (C=O) groups excluding carboxylic acids is 1. The Bertz CT molecular complexity index is 451. The van der Waals surface area contributed by atoms with Gasteiger partial charge in [0, 0.05) is 6.54 Å². The lowest BCUT2D eigenvalue weighted by atomic mass is 10.0. The second-order valence-corrected chi connectivity index (χ2v) is 5.22. The van der Waals surface area contributed by atoms with Gasteiger partial charge in [0.05, 0.1) is 28.3 Å². The van der Waals surface area contributed by atoms with Crippen molar-refractivity contribution in [1.82, 2.24) is 4.90 Å². The van der Waals surface area contributed by atoms with Crippen LogP contribution in [0.1, 0.15) is 29.6 Å². The zero-order valence-corrected chi connectivity index (χ0v) is 11.4. The Morgan fingerprint density at radius 1 is 1.39 bits per heavy atom. The van der Waals surface area contributed by atoms with Crippen LogP contribution < -0.4 is 0 Å². The third-order valence-electron chi connectivity index (χ3n) is 3.28. The van der Waals surface area contributed by atoms with Crippen molar-refractivity contribution in [2.24, 2.45) is 0 Å². The molecule has 1 saturated heterocycles. The first-order valence-electron chi connectivity index (χ1n) is 6.01. The zero-order chi connectivity index (χ0) is 13.1. The van der Waals surface area contributed by atoms with Crippen molar-refractivity contribution in [3.63, 3.8) is 0 Å². The molecule has 0 spiro atoms. The number of piperidine rings is 1. The molecular formula is C13H15Cl2NO2. The van der Waals surface area contributed by atoms with Crippen molar-refractivity contribution < 1.29 is 9.90 Å². The van der Waals surface area contributed by atoms with Crippen LogP contribution in [0.4, 0.5) is 0 Å². The molecule has 0 aromatic heterocycles. The zero-order valence-electron chi connectivity index (χ0n) is 9.90. The van der Waals surface area contributed by atoms with Crippen LogP contribution in [0, 0.1) is 0 Å². The Kier molecular flexibility index (Phi) is 4.49. The van der Waals surface area contributed by atoms with Crippen LogP contribution in [0.25, 0.3) is 0 Å². The van der Waals surface area contributed by atoms with Gasteiger partial charge in [-0.1, -0.05) is 29.3 Å². The van der Waals surface area contributed by atoms with Crippen molar-refractivity contribution in [3.05, 3.63) is 33.8 Å². The molecule has 1 amide bonds. The molecule has 1 aromatic carbocycles. The van der Waals surface area contributed by atoms with Gasteiger partial charge < -0.3 is 10.0 Å². The van der Waals surface area contributed by atoms with Crippen molar-refractivity contribution >= 4 is 29.1 Å². The molecule has 1 heterocycles. The molecule has 1 fully saturated rings. The Morgan fingerprint density at radius 3 is 2.89 bits per heavy atom. The molecule has 0 bridgehead atoms. The van der Waals surface area contributed by atoms with E-state index >= 15 is 0 Å². The Balaban J connectivity index is 2.27. The Hall–Kier alpha value is -0.770. The summed E-state index contributed by atoms with van der Waals surface area (Å²) < 4.78 is 0. The van der Waals surface area contributed by atoms with E-state index < -0.39 is 0 Å². The van der Waals surface area contributed by atoms with Gasteiger partial charge in [-0.05, 0) is 31.4 Å². The molecule has 1 atom stereocenters. The number of likely N-dealkylation sites (tertiary alicyclic amines) is 1. The van der Waals surface area contributed by atoms with E-state index in [-0.39, 0.29) is 23.6 Å². The van der Waals surface area contributed by atoms with Gasteiger partial charge in [-0.3, -0.25) is 4.79 Å². The summed E-state index contributed by atoms with van der Waals surface area (Å²) in [5.41, 5.74) is 0.407. The predicted molar refractivity (Wildman–Crippen MR) is 72.2 cm³/mol. The highest BCUT2D eigenvalue weighted by Gasteiger charge is 2.28. The normalized spacial score (nSPS) is 19.9. The van der Waals surface area contributed by atoms with E-state index in [9.17, 15) is 9.90 Å². The van der Waals surface area contributed by atoms with Gasteiger partial charge in [-0.2, -0.15) is 0 Å². The molecule has 0 aliphatic carbocycles. The number of aliphatic hydroxyl groups is 1. The summed E-state index contributed by atoms with van der Waals surface area (Å²) in [4.78, 5) is 14.1. The first kappa shape index (κ1) is 13.7. The first-order chi connectivity index (χ1) is 8.65. The molecule has 5 heteroatoms. The van der Waals surface area contributed by atoms with E-state index in [4.69, 9.17) is 23.2 Å². The number of hydrogen-bond acceptors (Lipinski definition) is 2. The highest BCUT2D eigenvalue weighted by molar-refractivity contribution is 6.43. The van der Waals surface area contributed by atoms with Gasteiger partial charge in [0.2, 0.25) is 0 Å². The largest absolute Gasteiger partial charge is 0.394 e. The number of nitrogens with zero attached hydrogens (tertiary/aromatic N) is 1. The fraction of sp³-hybridized carbons (Fsp3) is 0.462. The number of carbonyl (C=O) groups is 1. The summed E-state index contributed by atoms with van der Waals surface area (Å²) >= 11 is 12.0. The van der Waals surface area contributed by atoms with E-state index in [1.54, 1.807) is 23.1 Å². The summed E-state index contributed by atoms with van der Waals surface area (Å²) in [5.74, 6) is -0.152. The third kappa shape index (κ3) is 2.63. The Labute approximate surface area is 116 Å². The highest BCUT2D eigenvalue weighted by Crippen LogP contribution is 2.28. The van der Waals surface area contributed by atoms with Gasteiger partial charge >= 0.3 is 0 Å². The summed E-state index contributed by atoms with van der Waals surface area (Å²) in [6.07, 6.45) is 2.83. The smallest absolute Gasteiger partial charge is 0.255 e. The maximum atomic E-state index is 12.4. The van der Waals surface area contributed by atoms with Crippen molar-refractivity contribution in [1.29, 1.82) is 0 Å². The topological polar surface area (TPSA) is 40.5 Å². The van der Waals surface area contributed by atoms with E-state index in [0.29, 0.717) is 17.1 Å². The predicted octanol–water partition coefficient (Wildman–Crippen LogP) is 2.98. The average molecular weight is 288 g/mol. The van der Waals surface area contributed by atoms with Gasteiger partial charge in [0.25, 0.3) is 5.91 Å². The maximum absolute atomic E-state index is 12.4. The van der Waals surface area contributed by atoms with Gasteiger partial charge in [-0.15, -0.1) is 0 Å². The lowest BCUT2D eigenvalue weighted by Gasteiger charge is -2.34. The molecule has 98 valence electrons. The minimum atomic E-state index is -0.152. The highest BCUT2D eigenvalue weighted by atomic mass is 35.5. The second-order valence-electron chi connectivity index (χ2n) is 4.43. The summed E-state index contributed by atoms with van der Waals surface area (Å²) in [5, 5.41) is 9.99. The molecule has 1 unspecified atom stereocenters. The molecule has 0 saturated carbocycles. The fourth-order valence-corrected chi connectivity index (χ4v) is 2.66. The summed E-state index contributed by atoms with van der Waals surface area (Å²) in [6, 6.07) is 4.92. The SMILES string of the molecule is O=C(c1cccc(Cl)c1Cl)N1CCCCC1CO. The first-order valence-corrected chi connectivity index (χ1v) is 6.76. The van der Waals surface area contributed by atoms with Crippen LogP contribution in [0.2, 0.25) is 10.0 Å². The number of rotatable bonds is 2. The maximum Gasteiger partial charge on any atom is 0.255 e. The van der Waals surface area contributed by atoms with E-state index in [2.05, 4.69) is 0 Å². The van der Waals surface area contributed by atoms with E-state index in [1.165, 1.54) is 0 Å². The van der Waals surface area contributed by atoms with Crippen LogP contribution >= 0.6 is 23.2 Å². The average Bonchev–Trinajstić information content (AvgIpc) is 2.41. The standard InChI is InChI=1S/C13H15Cl2NO2/c14-11-6-3-5-10(12(11)15)13(18)16-7-2-1-4-9(16)8-17/h3,5-6,9,17H,1-2,4,7-8H2. The molecule has 1 aliphatic heterocycles. The third-order valence-corrected chi connectivity index (χ3v) is 4.10. The summed E-state index contributed by atoms with van der Waals surface area (Å²) in [6.45, 7) is 0.650. The number of aliphatic hydroxyl groups excluding tert-OH is 1. The van der Waals surface area contributed by atoms with Crippen molar-refractivity contribution in [3.8, 4) is 0 Å². The number of amides is 1. The van der Waals surface area contributed by atoms with E-state index in [1.807, 2.05) is 0 Å². The molecule has 2 rings (SSSR count). The van der Waals surface area contributed by atoms with Crippen molar-refractivity contribution in [2.75, 3.05) is 13.2 Å². The van der Waals surface area contributed by atoms with Crippen LogP contribution in [-0.4, -0.2) is 35.1 Å². The Morgan fingerprint density at radius 2 is 2.17 bits per heavy atom. The quantitative estimate of drug-likeness (QED) is 0.909. The second kappa shape index (κ2) is 5.91. The molecular weight excluding hydrogens is 273 g/mol. The number of hydrogen-bond donors (Lipinski definition) is 1. The number of halogens is 2. The molecule has 18 heavy (non-hydrogen) atoms.